The summed E-state index contributed by atoms with van der Waals surface area (Å²) in [6, 6.07) is 13.1. The second-order valence-electron chi connectivity index (χ2n) is 7.26. The van der Waals surface area contributed by atoms with Crippen molar-refractivity contribution in [3.63, 3.8) is 0 Å². The third-order valence-electron chi connectivity index (χ3n) is 4.20. The molecule has 0 saturated heterocycles. The van der Waals surface area contributed by atoms with Crippen LogP contribution in [0.2, 0.25) is 0 Å². The minimum Gasteiger partial charge on any atom is -0.344 e. The SMILES string of the molecule is CC(C)C(NC(=O)C(C)(C)CCl)C(=O)Nc1ccc2ccccc2c1. The normalized spacial score (nSPS) is 12.9. The Morgan fingerprint density at radius 2 is 1.72 bits per heavy atom. The highest BCUT2D eigenvalue weighted by atomic mass is 35.5. The first-order valence-electron chi connectivity index (χ1n) is 8.41. The fourth-order valence-electron chi connectivity index (χ4n) is 2.42. The lowest BCUT2D eigenvalue weighted by Gasteiger charge is -2.27. The molecule has 0 radical (unpaired) electrons. The topological polar surface area (TPSA) is 58.2 Å². The number of carbonyl (C=O) groups is 2. The van der Waals surface area contributed by atoms with Crippen LogP contribution in [0.25, 0.3) is 10.8 Å². The lowest BCUT2D eigenvalue weighted by Crippen LogP contribution is -2.51. The van der Waals surface area contributed by atoms with E-state index in [0.29, 0.717) is 5.69 Å². The number of fused-ring (bicyclic) bond motifs is 1. The maximum atomic E-state index is 12.7. The Morgan fingerprint density at radius 3 is 2.32 bits per heavy atom. The summed E-state index contributed by atoms with van der Waals surface area (Å²) in [5.41, 5.74) is -0.0158. The molecular formula is C20H25ClN2O2. The van der Waals surface area contributed by atoms with E-state index < -0.39 is 11.5 Å². The molecular weight excluding hydrogens is 336 g/mol. The van der Waals surface area contributed by atoms with Crippen molar-refractivity contribution in [1.29, 1.82) is 0 Å². The molecule has 0 aliphatic rings. The lowest BCUT2D eigenvalue weighted by atomic mass is 9.93. The van der Waals surface area contributed by atoms with Gasteiger partial charge < -0.3 is 10.6 Å². The third-order valence-corrected chi connectivity index (χ3v) is 4.87. The number of benzene rings is 2. The van der Waals surface area contributed by atoms with Gasteiger partial charge in [-0.3, -0.25) is 9.59 Å². The van der Waals surface area contributed by atoms with E-state index in [9.17, 15) is 9.59 Å². The fourth-order valence-corrected chi connectivity index (χ4v) is 2.54. The van der Waals surface area contributed by atoms with Crippen molar-refractivity contribution in [3.05, 3.63) is 42.5 Å². The molecule has 0 bridgehead atoms. The monoisotopic (exact) mass is 360 g/mol. The highest BCUT2D eigenvalue weighted by Crippen LogP contribution is 2.21. The quantitative estimate of drug-likeness (QED) is 0.759. The molecule has 2 aromatic rings. The average Bonchev–Trinajstić information content (AvgIpc) is 2.58. The molecule has 2 amide bonds. The number of halogens is 1. The van der Waals surface area contributed by atoms with Crippen molar-refractivity contribution in [2.75, 3.05) is 11.2 Å². The first-order chi connectivity index (χ1) is 11.7. The van der Waals surface area contributed by atoms with Crippen molar-refractivity contribution in [2.24, 2.45) is 11.3 Å². The molecule has 134 valence electrons. The van der Waals surface area contributed by atoms with Gasteiger partial charge in [0.2, 0.25) is 11.8 Å². The molecule has 4 nitrogen and oxygen atoms in total. The van der Waals surface area contributed by atoms with Gasteiger partial charge in [-0.25, -0.2) is 0 Å². The zero-order chi connectivity index (χ0) is 18.6. The summed E-state index contributed by atoms with van der Waals surface area (Å²) >= 11 is 5.85. The minimum atomic E-state index is -0.724. The number of alkyl halides is 1. The molecule has 5 heteroatoms. The molecule has 25 heavy (non-hydrogen) atoms. The molecule has 2 N–H and O–H groups in total. The Bertz CT molecular complexity index is 771. The smallest absolute Gasteiger partial charge is 0.247 e. The van der Waals surface area contributed by atoms with Crippen LogP contribution in [0.4, 0.5) is 5.69 Å². The van der Waals surface area contributed by atoms with E-state index in [-0.39, 0.29) is 23.6 Å². The number of nitrogens with one attached hydrogen (secondary N) is 2. The van der Waals surface area contributed by atoms with Gasteiger partial charge in [-0.15, -0.1) is 11.6 Å². The van der Waals surface area contributed by atoms with E-state index in [1.165, 1.54) is 0 Å². The fraction of sp³-hybridized carbons (Fsp3) is 0.400. The van der Waals surface area contributed by atoms with E-state index in [4.69, 9.17) is 11.6 Å². The Hall–Kier alpha value is -2.07. The van der Waals surface area contributed by atoms with Gasteiger partial charge in [0.25, 0.3) is 0 Å². The van der Waals surface area contributed by atoms with Gasteiger partial charge in [-0.1, -0.05) is 44.2 Å². The summed E-state index contributed by atoms with van der Waals surface area (Å²) < 4.78 is 0. The molecule has 0 heterocycles. The van der Waals surface area contributed by atoms with Gasteiger partial charge in [0.15, 0.2) is 0 Å². The molecule has 2 rings (SSSR count). The first kappa shape index (κ1) is 19.3. The van der Waals surface area contributed by atoms with Gasteiger partial charge in [0.05, 0.1) is 5.41 Å². The molecule has 1 atom stereocenters. The highest BCUT2D eigenvalue weighted by Gasteiger charge is 2.32. The number of carbonyl (C=O) groups excluding carboxylic acids is 2. The van der Waals surface area contributed by atoms with Crippen LogP contribution in [-0.4, -0.2) is 23.7 Å². The Morgan fingerprint density at radius 1 is 1.08 bits per heavy atom. The predicted octanol–water partition coefficient (Wildman–Crippen LogP) is 4.18. The maximum absolute atomic E-state index is 12.7. The summed E-state index contributed by atoms with van der Waals surface area (Å²) in [7, 11) is 0. The van der Waals surface area contributed by atoms with Gasteiger partial charge in [-0.05, 0) is 42.7 Å². The molecule has 2 aromatic carbocycles. The second kappa shape index (κ2) is 7.87. The highest BCUT2D eigenvalue weighted by molar-refractivity contribution is 6.20. The molecule has 0 spiro atoms. The maximum Gasteiger partial charge on any atom is 0.247 e. The summed E-state index contributed by atoms with van der Waals surface area (Å²) in [6.45, 7) is 7.32. The van der Waals surface area contributed by atoms with Gasteiger partial charge in [0, 0.05) is 11.6 Å². The van der Waals surface area contributed by atoms with Crippen LogP contribution in [-0.2, 0) is 9.59 Å². The number of hydrogen-bond donors (Lipinski definition) is 2. The standard InChI is InChI=1S/C20H25ClN2O2/c1-13(2)17(23-19(25)20(3,4)12-21)18(24)22-16-10-9-14-7-5-6-8-15(14)11-16/h5-11,13,17H,12H2,1-4H3,(H,22,24)(H,23,25). The van der Waals surface area contributed by atoms with Crippen LogP contribution < -0.4 is 10.6 Å². The first-order valence-corrected chi connectivity index (χ1v) is 8.94. The summed E-state index contributed by atoms with van der Waals surface area (Å²) in [5.74, 6) is -0.315. The Labute approximate surface area is 153 Å². The molecule has 0 aromatic heterocycles. The van der Waals surface area contributed by atoms with E-state index in [2.05, 4.69) is 10.6 Å². The zero-order valence-corrected chi connectivity index (χ0v) is 15.9. The molecule has 0 fully saturated rings. The van der Waals surface area contributed by atoms with E-state index in [1.54, 1.807) is 13.8 Å². The zero-order valence-electron chi connectivity index (χ0n) is 15.1. The molecule has 1 unspecified atom stereocenters. The van der Waals surface area contributed by atoms with Gasteiger partial charge in [0.1, 0.15) is 6.04 Å². The summed E-state index contributed by atoms with van der Waals surface area (Å²) in [6.07, 6.45) is 0. The minimum absolute atomic E-state index is 0.0458. The van der Waals surface area contributed by atoms with Crippen LogP contribution >= 0.6 is 11.6 Å². The largest absolute Gasteiger partial charge is 0.344 e. The summed E-state index contributed by atoms with van der Waals surface area (Å²) in [5, 5.41) is 7.89. The van der Waals surface area contributed by atoms with E-state index >= 15 is 0 Å². The van der Waals surface area contributed by atoms with Crippen molar-refractivity contribution in [1.82, 2.24) is 5.32 Å². The third kappa shape index (κ3) is 4.73. The average molecular weight is 361 g/mol. The van der Waals surface area contributed by atoms with Crippen molar-refractivity contribution in [2.45, 2.75) is 33.7 Å². The van der Waals surface area contributed by atoms with Crippen LogP contribution in [0.5, 0.6) is 0 Å². The van der Waals surface area contributed by atoms with Crippen molar-refractivity contribution < 1.29 is 9.59 Å². The molecule has 0 saturated carbocycles. The number of rotatable bonds is 6. The summed E-state index contributed by atoms with van der Waals surface area (Å²) in [4.78, 5) is 25.0. The lowest BCUT2D eigenvalue weighted by molar-refractivity contribution is -0.132. The number of amides is 2. The molecule has 0 aliphatic heterocycles. The Balaban J connectivity index is 2.15. The second-order valence-corrected chi connectivity index (χ2v) is 7.53. The van der Waals surface area contributed by atoms with Crippen LogP contribution in [0.3, 0.4) is 0 Å². The predicted molar refractivity (Wildman–Crippen MR) is 104 cm³/mol. The van der Waals surface area contributed by atoms with Gasteiger partial charge >= 0.3 is 0 Å². The van der Waals surface area contributed by atoms with Crippen LogP contribution in [0, 0.1) is 11.3 Å². The van der Waals surface area contributed by atoms with E-state index in [1.807, 2.05) is 56.3 Å². The number of hydrogen-bond acceptors (Lipinski definition) is 2. The van der Waals surface area contributed by atoms with Crippen molar-refractivity contribution in [3.8, 4) is 0 Å². The molecule has 0 aliphatic carbocycles. The number of anilines is 1. The van der Waals surface area contributed by atoms with Gasteiger partial charge in [-0.2, -0.15) is 0 Å². The van der Waals surface area contributed by atoms with Crippen LogP contribution in [0.15, 0.2) is 42.5 Å². The van der Waals surface area contributed by atoms with E-state index in [0.717, 1.165) is 10.8 Å². The van der Waals surface area contributed by atoms with Crippen LogP contribution in [0.1, 0.15) is 27.7 Å². The Kier molecular flexibility index (Phi) is 6.07. The van der Waals surface area contributed by atoms with Crippen molar-refractivity contribution >= 4 is 39.9 Å².